The van der Waals surface area contributed by atoms with Crippen molar-refractivity contribution in [1.29, 1.82) is 0 Å². The van der Waals surface area contributed by atoms with Crippen LogP contribution in [0.1, 0.15) is 24.8 Å². The van der Waals surface area contributed by atoms with Crippen LogP contribution in [0.15, 0.2) is 17.5 Å². The van der Waals surface area contributed by atoms with Gasteiger partial charge in [0.2, 0.25) is 0 Å². The lowest BCUT2D eigenvalue weighted by atomic mass is 10.3. The molecule has 1 rings (SSSR count). The van der Waals surface area contributed by atoms with Gasteiger partial charge in [-0.25, -0.2) is 0 Å². The molecule has 0 bridgehead atoms. The Balaban J connectivity index is 2.40. The predicted molar refractivity (Wildman–Crippen MR) is 63.2 cm³/mol. The molecule has 0 radical (unpaired) electrons. The quantitative estimate of drug-likeness (QED) is 0.779. The summed E-state index contributed by atoms with van der Waals surface area (Å²) in [6.45, 7) is 5.84. The number of hydrogen-bond donors (Lipinski definition) is 1. The smallest absolute Gasteiger partial charge is 0.104 e. The van der Waals surface area contributed by atoms with E-state index in [1.807, 2.05) is 25.3 Å². The third kappa shape index (κ3) is 4.30. The maximum Gasteiger partial charge on any atom is 0.104 e. The van der Waals surface area contributed by atoms with Gasteiger partial charge in [0, 0.05) is 18.0 Å². The van der Waals surface area contributed by atoms with E-state index in [-0.39, 0.29) is 12.2 Å². The van der Waals surface area contributed by atoms with Crippen molar-refractivity contribution in [2.45, 2.75) is 26.1 Å². The van der Waals surface area contributed by atoms with Gasteiger partial charge in [-0.1, -0.05) is 6.07 Å². The summed E-state index contributed by atoms with van der Waals surface area (Å²) in [6, 6.07) is 4.06. The Hall–Kier alpha value is -0.420. The predicted octanol–water partition coefficient (Wildman–Crippen LogP) is 2.19. The van der Waals surface area contributed by atoms with E-state index >= 15 is 0 Å². The molecule has 1 aromatic rings. The van der Waals surface area contributed by atoms with Crippen LogP contribution < -0.4 is 5.73 Å². The van der Waals surface area contributed by atoms with Gasteiger partial charge in [0.15, 0.2) is 0 Å². The first-order chi connectivity index (χ1) is 7.27. The Labute approximate surface area is 95.2 Å². The van der Waals surface area contributed by atoms with Crippen LogP contribution in [0.3, 0.4) is 0 Å². The Morgan fingerprint density at radius 3 is 2.87 bits per heavy atom. The maximum absolute atomic E-state index is 5.81. The van der Waals surface area contributed by atoms with Gasteiger partial charge in [0.1, 0.15) is 6.10 Å². The van der Waals surface area contributed by atoms with Crippen LogP contribution in [0.25, 0.3) is 0 Å². The molecule has 2 unspecified atom stereocenters. The van der Waals surface area contributed by atoms with Gasteiger partial charge in [-0.15, -0.1) is 11.3 Å². The van der Waals surface area contributed by atoms with Gasteiger partial charge in [-0.2, -0.15) is 0 Å². The third-order valence-electron chi connectivity index (χ3n) is 2.03. The molecule has 4 heteroatoms. The molecule has 0 saturated heterocycles. The van der Waals surface area contributed by atoms with Gasteiger partial charge in [-0.3, -0.25) is 0 Å². The highest BCUT2D eigenvalue weighted by Crippen LogP contribution is 2.22. The van der Waals surface area contributed by atoms with Crippen LogP contribution >= 0.6 is 11.3 Å². The van der Waals surface area contributed by atoms with Crippen molar-refractivity contribution in [3.05, 3.63) is 22.4 Å². The van der Waals surface area contributed by atoms with Crippen molar-refractivity contribution in [1.82, 2.24) is 0 Å². The minimum atomic E-state index is 0.000422. The first-order valence-corrected chi connectivity index (χ1v) is 6.12. The number of rotatable bonds is 7. The summed E-state index contributed by atoms with van der Waals surface area (Å²) in [5.74, 6) is 0. The summed E-state index contributed by atoms with van der Waals surface area (Å²) in [7, 11) is 0. The van der Waals surface area contributed by atoms with Crippen molar-refractivity contribution in [3.63, 3.8) is 0 Å². The highest BCUT2D eigenvalue weighted by Gasteiger charge is 2.14. The van der Waals surface area contributed by atoms with Gasteiger partial charge >= 0.3 is 0 Å². The molecule has 2 N–H and O–H groups in total. The molecule has 0 aromatic carbocycles. The number of thiophene rings is 1. The molecule has 0 saturated carbocycles. The zero-order valence-corrected chi connectivity index (χ0v) is 10.1. The first-order valence-electron chi connectivity index (χ1n) is 5.24. The second kappa shape index (κ2) is 6.95. The van der Waals surface area contributed by atoms with E-state index in [9.17, 15) is 0 Å². The van der Waals surface area contributed by atoms with Crippen molar-refractivity contribution < 1.29 is 9.47 Å². The fraction of sp³-hybridized carbons (Fsp3) is 0.636. The standard InChI is InChI=1S/C11H19NO2S/c1-3-13-8-9(2)14-10(7-12)11-5-4-6-15-11/h4-6,9-10H,3,7-8,12H2,1-2H3. The first kappa shape index (κ1) is 12.6. The summed E-state index contributed by atoms with van der Waals surface area (Å²) in [5.41, 5.74) is 5.68. The fourth-order valence-corrected chi connectivity index (χ4v) is 2.09. The lowest BCUT2D eigenvalue weighted by Crippen LogP contribution is -2.23. The van der Waals surface area contributed by atoms with Gasteiger partial charge in [0.25, 0.3) is 0 Å². The molecule has 1 heterocycles. The second-order valence-corrected chi connectivity index (χ2v) is 4.33. The molecule has 0 fully saturated rings. The van der Waals surface area contributed by atoms with E-state index in [4.69, 9.17) is 15.2 Å². The topological polar surface area (TPSA) is 44.5 Å². The fourth-order valence-electron chi connectivity index (χ4n) is 1.32. The van der Waals surface area contributed by atoms with Gasteiger partial charge in [-0.05, 0) is 25.3 Å². The summed E-state index contributed by atoms with van der Waals surface area (Å²) in [6.07, 6.45) is 0.0843. The Kier molecular flexibility index (Phi) is 5.86. The Morgan fingerprint density at radius 2 is 2.33 bits per heavy atom. The van der Waals surface area contributed by atoms with Gasteiger partial charge in [0.05, 0.1) is 12.7 Å². The lowest BCUT2D eigenvalue weighted by molar-refractivity contribution is -0.0428. The average molecular weight is 229 g/mol. The van der Waals surface area contributed by atoms with E-state index < -0.39 is 0 Å². The van der Waals surface area contributed by atoms with Crippen LogP contribution in [0.2, 0.25) is 0 Å². The molecule has 3 nitrogen and oxygen atoms in total. The lowest BCUT2D eigenvalue weighted by Gasteiger charge is -2.20. The van der Waals surface area contributed by atoms with E-state index in [1.165, 1.54) is 4.88 Å². The summed E-state index contributed by atoms with van der Waals surface area (Å²) in [4.78, 5) is 1.18. The van der Waals surface area contributed by atoms with Crippen molar-refractivity contribution in [2.24, 2.45) is 5.73 Å². The highest BCUT2D eigenvalue weighted by atomic mass is 32.1. The zero-order valence-electron chi connectivity index (χ0n) is 9.31. The van der Waals surface area contributed by atoms with Crippen LogP contribution in [0, 0.1) is 0 Å². The minimum Gasteiger partial charge on any atom is -0.379 e. The summed E-state index contributed by atoms with van der Waals surface area (Å²) >= 11 is 1.68. The SMILES string of the molecule is CCOCC(C)OC(CN)c1cccs1. The monoisotopic (exact) mass is 229 g/mol. The van der Waals surface area contributed by atoms with Crippen LogP contribution in [-0.4, -0.2) is 25.9 Å². The van der Waals surface area contributed by atoms with Crippen molar-refractivity contribution >= 4 is 11.3 Å². The molecule has 0 spiro atoms. The molecule has 0 aliphatic rings. The van der Waals surface area contributed by atoms with Crippen LogP contribution in [-0.2, 0) is 9.47 Å². The van der Waals surface area contributed by atoms with Crippen molar-refractivity contribution in [3.8, 4) is 0 Å². The van der Waals surface area contributed by atoms with E-state index in [2.05, 4.69) is 6.07 Å². The average Bonchev–Trinajstić information content (AvgIpc) is 2.76. The van der Waals surface area contributed by atoms with Gasteiger partial charge < -0.3 is 15.2 Å². The largest absolute Gasteiger partial charge is 0.379 e. The minimum absolute atomic E-state index is 0.000422. The zero-order chi connectivity index (χ0) is 11.1. The maximum atomic E-state index is 5.81. The Morgan fingerprint density at radius 1 is 1.53 bits per heavy atom. The van der Waals surface area contributed by atoms with E-state index in [0.29, 0.717) is 13.2 Å². The normalized spacial score (nSPS) is 15.1. The molecule has 2 atom stereocenters. The second-order valence-electron chi connectivity index (χ2n) is 3.35. The molecule has 0 aliphatic carbocycles. The number of ether oxygens (including phenoxy) is 2. The van der Waals surface area contributed by atoms with Crippen molar-refractivity contribution in [2.75, 3.05) is 19.8 Å². The third-order valence-corrected chi connectivity index (χ3v) is 2.99. The number of nitrogens with two attached hydrogens (primary N) is 1. The summed E-state index contributed by atoms with van der Waals surface area (Å²) in [5, 5.41) is 2.04. The number of hydrogen-bond acceptors (Lipinski definition) is 4. The molecule has 0 amide bonds. The molecule has 0 aliphatic heterocycles. The highest BCUT2D eigenvalue weighted by molar-refractivity contribution is 7.10. The molecule has 86 valence electrons. The van der Waals surface area contributed by atoms with E-state index in [1.54, 1.807) is 11.3 Å². The molecule has 15 heavy (non-hydrogen) atoms. The molecule has 1 aromatic heterocycles. The van der Waals surface area contributed by atoms with Crippen LogP contribution in [0.5, 0.6) is 0 Å². The van der Waals surface area contributed by atoms with Crippen LogP contribution in [0.4, 0.5) is 0 Å². The molecular weight excluding hydrogens is 210 g/mol. The van der Waals surface area contributed by atoms with E-state index in [0.717, 1.165) is 6.61 Å². The Bertz CT molecular complexity index is 251. The summed E-state index contributed by atoms with van der Waals surface area (Å²) < 4.78 is 11.1. The molecular formula is C11H19NO2S.